The molecule has 1 amide bonds. The highest BCUT2D eigenvalue weighted by molar-refractivity contribution is 5.91. The van der Waals surface area contributed by atoms with Crippen molar-refractivity contribution in [2.45, 2.75) is 38.3 Å². The number of fused-ring (bicyclic) bond motifs is 1. The first-order valence-corrected chi connectivity index (χ1v) is 10.3. The fourth-order valence-electron chi connectivity index (χ4n) is 4.48. The lowest BCUT2D eigenvalue weighted by atomic mass is 9.86. The highest BCUT2D eigenvalue weighted by Gasteiger charge is 2.41. The molecular weight excluding hydrogens is 380 g/mol. The van der Waals surface area contributed by atoms with Crippen molar-refractivity contribution in [2.75, 3.05) is 31.6 Å². The third-order valence-corrected chi connectivity index (χ3v) is 6.09. The lowest BCUT2D eigenvalue weighted by molar-refractivity contribution is 0.0600. The molecular formula is C24H28N2O4. The van der Waals surface area contributed by atoms with Crippen molar-refractivity contribution < 1.29 is 19.1 Å². The van der Waals surface area contributed by atoms with Crippen LogP contribution in [0, 0.1) is 0 Å². The number of benzene rings is 2. The monoisotopic (exact) mass is 408 g/mol. The average molecular weight is 408 g/mol. The van der Waals surface area contributed by atoms with E-state index in [0.29, 0.717) is 18.7 Å². The lowest BCUT2D eigenvalue weighted by Crippen LogP contribution is -2.40. The van der Waals surface area contributed by atoms with Gasteiger partial charge in [0.05, 0.1) is 12.7 Å². The summed E-state index contributed by atoms with van der Waals surface area (Å²) < 4.78 is 10.4. The number of likely N-dealkylation sites (tertiary alicyclic amines) is 1. The summed E-state index contributed by atoms with van der Waals surface area (Å²) in [5.74, 6) is -0.333. The molecule has 158 valence electrons. The van der Waals surface area contributed by atoms with E-state index in [0.717, 1.165) is 24.2 Å². The number of ether oxygens (including phenoxy) is 2. The van der Waals surface area contributed by atoms with Gasteiger partial charge in [-0.15, -0.1) is 0 Å². The predicted octanol–water partition coefficient (Wildman–Crippen LogP) is 3.98. The van der Waals surface area contributed by atoms with E-state index in [1.165, 1.54) is 12.7 Å². The maximum atomic E-state index is 12.6. The van der Waals surface area contributed by atoms with Crippen molar-refractivity contribution in [3.8, 4) is 0 Å². The standard InChI is InChI=1S/C24H28N2O4/c1-24(2)16-26(21-13-18(22(27)29-3)9-10-20(21)24)19-11-12-25(14-19)23(28)30-15-17-7-5-4-6-8-17/h4-10,13,19H,11-12,14-16H2,1-3H3. The van der Waals surface area contributed by atoms with Crippen LogP contribution in [-0.2, 0) is 21.5 Å². The van der Waals surface area contributed by atoms with Gasteiger partial charge in [-0.3, -0.25) is 0 Å². The van der Waals surface area contributed by atoms with Crippen LogP contribution >= 0.6 is 0 Å². The zero-order valence-electron chi connectivity index (χ0n) is 17.8. The Balaban J connectivity index is 1.45. The third kappa shape index (κ3) is 3.86. The van der Waals surface area contributed by atoms with Crippen LogP contribution in [0.4, 0.5) is 10.5 Å². The van der Waals surface area contributed by atoms with Crippen molar-refractivity contribution in [3.63, 3.8) is 0 Å². The molecule has 6 nitrogen and oxygen atoms in total. The van der Waals surface area contributed by atoms with E-state index in [-0.39, 0.29) is 30.1 Å². The van der Waals surface area contributed by atoms with Crippen molar-refractivity contribution in [1.29, 1.82) is 0 Å². The van der Waals surface area contributed by atoms with Crippen LogP contribution in [0.3, 0.4) is 0 Å². The van der Waals surface area contributed by atoms with Gasteiger partial charge in [-0.05, 0) is 29.7 Å². The number of methoxy groups -OCH3 is 1. The van der Waals surface area contributed by atoms with Gasteiger partial charge in [0.25, 0.3) is 0 Å². The maximum absolute atomic E-state index is 12.6. The third-order valence-electron chi connectivity index (χ3n) is 6.09. The second kappa shape index (κ2) is 8.01. The Morgan fingerprint density at radius 2 is 1.90 bits per heavy atom. The summed E-state index contributed by atoms with van der Waals surface area (Å²) in [4.78, 5) is 28.7. The average Bonchev–Trinajstić information content (AvgIpc) is 3.35. The summed E-state index contributed by atoms with van der Waals surface area (Å²) in [5, 5.41) is 0. The predicted molar refractivity (Wildman–Crippen MR) is 115 cm³/mol. The molecule has 1 atom stereocenters. The molecule has 4 rings (SSSR count). The summed E-state index contributed by atoms with van der Waals surface area (Å²) in [6.07, 6.45) is 0.599. The van der Waals surface area contributed by atoms with Crippen molar-refractivity contribution in [3.05, 3.63) is 65.2 Å². The summed E-state index contributed by atoms with van der Waals surface area (Å²) in [6, 6.07) is 15.7. The van der Waals surface area contributed by atoms with E-state index >= 15 is 0 Å². The number of anilines is 1. The molecule has 0 spiro atoms. The Morgan fingerprint density at radius 3 is 2.63 bits per heavy atom. The topological polar surface area (TPSA) is 59.1 Å². The SMILES string of the molecule is COC(=O)c1ccc2c(c1)N(C1CCN(C(=O)OCc3ccccc3)C1)CC2(C)C. The van der Waals surface area contributed by atoms with Gasteiger partial charge in [0, 0.05) is 36.8 Å². The van der Waals surface area contributed by atoms with Crippen LogP contribution in [0.1, 0.15) is 41.8 Å². The molecule has 0 aromatic heterocycles. The quantitative estimate of drug-likeness (QED) is 0.716. The molecule has 2 aromatic rings. The normalized spacial score (nSPS) is 19.5. The van der Waals surface area contributed by atoms with Crippen LogP contribution < -0.4 is 4.90 Å². The molecule has 0 saturated carbocycles. The molecule has 6 heteroatoms. The van der Waals surface area contributed by atoms with Crippen molar-refractivity contribution in [2.24, 2.45) is 0 Å². The Bertz CT molecular complexity index is 941. The lowest BCUT2D eigenvalue weighted by Gasteiger charge is -2.29. The van der Waals surface area contributed by atoms with Crippen LogP contribution in [0.2, 0.25) is 0 Å². The van der Waals surface area contributed by atoms with Gasteiger partial charge in [0.15, 0.2) is 0 Å². The summed E-state index contributed by atoms with van der Waals surface area (Å²) in [5.41, 5.74) is 3.79. The molecule has 1 unspecified atom stereocenters. The molecule has 0 radical (unpaired) electrons. The maximum Gasteiger partial charge on any atom is 0.410 e. The number of nitrogens with zero attached hydrogens (tertiary/aromatic N) is 2. The van der Waals surface area contributed by atoms with Gasteiger partial charge in [-0.2, -0.15) is 0 Å². The second-order valence-corrected chi connectivity index (χ2v) is 8.66. The summed E-state index contributed by atoms with van der Waals surface area (Å²) >= 11 is 0. The Labute approximate surface area is 177 Å². The van der Waals surface area contributed by atoms with Gasteiger partial charge in [-0.1, -0.05) is 50.2 Å². The van der Waals surface area contributed by atoms with Gasteiger partial charge in [-0.25, -0.2) is 9.59 Å². The van der Waals surface area contributed by atoms with E-state index in [4.69, 9.17) is 9.47 Å². The number of carbonyl (C=O) groups is 2. The molecule has 2 aliphatic heterocycles. The zero-order chi connectivity index (χ0) is 21.3. The molecule has 0 bridgehead atoms. The molecule has 30 heavy (non-hydrogen) atoms. The zero-order valence-corrected chi connectivity index (χ0v) is 17.8. The minimum absolute atomic E-state index is 0.0226. The molecule has 1 saturated heterocycles. The number of hydrogen-bond acceptors (Lipinski definition) is 5. The van der Waals surface area contributed by atoms with E-state index < -0.39 is 0 Å². The molecule has 1 fully saturated rings. The first-order chi connectivity index (χ1) is 14.4. The van der Waals surface area contributed by atoms with Crippen LogP contribution in [0.25, 0.3) is 0 Å². The number of esters is 1. The first kappa shape index (κ1) is 20.3. The smallest absolute Gasteiger partial charge is 0.410 e. The van der Waals surface area contributed by atoms with Crippen LogP contribution in [0.5, 0.6) is 0 Å². The number of carbonyl (C=O) groups excluding carboxylic acids is 2. The van der Waals surface area contributed by atoms with Gasteiger partial charge in [0.1, 0.15) is 6.61 Å². The Hall–Kier alpha value is -3.02. The van der Waals surface area contributed by atoms with Crippen LogP contribution in [-0.4, -0.2) is 49.7 Å². The molecule has 0 aliphatic carbocycles. The summed E-state index contributed by atoms with van der Waals surface area (Å²) in [7, 11) is 1.40. The van der Waals surface area contributed by atoms with E-state index in [1.54, 1.807) is 4.90 Å². The van der Waals surface area contributed by atoms with Crippen LogP contribution in [0.15, 0.2) is 48.5 Å². The summed E-state index contributed by atoms with van der Waals surface area (Å²) in [6.45, 7) is 6.84. The molecule has 2 heterocycles. The molecule has 0 N–H and O–H groups in total. The molecule has 2 aromatic carbocycles. The van der Waals surface area contributed by atoms with Gasteiger partial charge < -0.3 is 19.3 Å². The Morgan fingerprint density at radius 1 is 1.13 bits per heavy atom. The fraction of sp³-hybridized carbons (Fsp3) is 0.417. The fourth-order valence-corrected chi connectivity index (χ4v) is 4.48. The minimum Gasteiger partial charge on any atom is -0.465 e. The van der Waals surface area contributed by atoms with Gasteiger partial charge >= 0.3 is 12.1 Å². The van der Waals surface area contributed by atoms with Crippen molar-refractivity contribution in [1.82, 2.24) is 4.90 Å². The number of hydrogen-bond donors (Lipinski definition) is 0. The highest BCUT2D eigenvalue weighted by Crippen LogP contribution is 2.43. The van der Waals surface area contributed by atoms with E-state index in [9.17, 15) is 9.59 Å². The largest absolute Gasteiger partial charge is 0.465 e. The second-order valence-electron chi connectivity index (χ2n) is 8.66. The molecule has 2 aliphatic rings. The van der Waals surface area contributed by atoms with Crippen molar-refractivity contribution >= 4 is 17.7 Å². The van der Waals surface area contributed by atoms with E-state index in [2.05, 4.69) is 18.7 Å². The first-order valence-electron chi connectivity index (χ1n) is 10.3. The van der Waals surface area contributed by atoms with E-state index in [1.807, 2.05) is 48.5 Å². The number of rotatable bonds is 4. The van der Waals surface area contributed by atoms with Gasteiger partial charge in [0.2, 0.25) is 0 Å². The number of amides is 1. The minimum atomic E-state index is -0.333. The highest BCUT2D eigenvalue weighted by atomic mass is 16.6. The Kier molecular flexibility index (Phi) is 5.41.